The molecule has 0 aromatic heterocycles. The van der Waals surface area contributed by atoms with E-state index < -0.39 is 10.0 Å². The molecule has 2 aromatic rings. The van der Waals surface area contributed by atoms with Gasteiger partial charge in [0.15, 0.2) is 0 Å². The van der Waals surface area contributed by atoms with E-state index in [9.17, 15) is 8.42 Å². The van der Waals surface area contributed by atoms with Crippen molar-refractivity contribution in [1.29, 1.82) is 0 Å². The molecule has 0 saturated heterocycles. The van der Waals surface area contributed by atoms with E-state index in [0.717, 1.165) is 5.56 Å². The summed E-state index contributed by atoms with van der Waals surface area (Å²) >= 11 is 9.11. The van der Waals surface area contributed by atoms with Crippen LogP contribution in [0.4, 0.5) is 5.69 Å². The fourth-order valence-electron chi connectivity index (χ4n) is 1.77. The van der Waals surface area contributed by atoms with Crippen molar-refractivity contribution < 1.29 is 8.42 Å². The topological polar surface area (TPSA) is 72.2 Å². The number of anilines is 1. The van der Waals surface area contributed by atoms with Gasteiger partial charge >= 0.3 is 0 Å². The molecule has 7 heteroatoms. The third-order valence-corrected chi connectivity index (χ3v) is 4.95. The van der Waals surface area contributed by atoms with Crippen LogP contribution >= 0.6 is 27.5 Å². The van der Waals surface area contributed by atoms with Gasteiger partial charge in [-0.1, -0.05) is 35.9 Å². The number of benzene rings is 2. The summed E-state index contributed by atoms with van der Waals surface area (Å²) in [6.45, 7) is 0.434. The van der Waals surface area contributed by atoms with Gasteiger partial charge in [-0.25, -0.2) is 8.42 Å². The smallest absolute Gasteiger partial charge is 0.236 e. The lowest BCUT2D eigenvalue weighted by Crippen LogP contribution is -2.15. The first-order valence-corrected chi connectivity index (χ1v) is 8.95. The first-order chi connectivity index (χ1) is 9.89. The Labute approximate surface area is 137 Å². The largest absolute Gasteiger partial charge is 0.326 e. The first kappa shape index (κ1) is 16.3. The van der Waals surface area contributed by atoms with Crippen molar-refractivity contribution in [3.05, 3.63) is 63.1 Å². The van der Waals surface area contributed by atoms with Crippen LogP contribution in [0.15, 0.2) is 46.9 Å². The van der Waals surface area contributed by atoms with Crippen LogP contribution in [0.25, 0.3) is 0 Å². The van der Waals surface area contributed by atoms with Crippen molar-refractivity contribution in [1.82, 2.24) is 0 Å². The highest BCUT2D eigenvalue weighted by molar-refractivity contribution is 9.10. The van der Waals surface area contributed by atoms with Crippen molar-refractivity contribution in [3.8, 4) is 0 Å². The third kappa shape index (κ3) is 4.71. The number of nitrogens with one attached hydrogen (secondary N) is 1. The van der Waals surface area contributed by atoms with Crippen LogP contribution in [-0.4, -0.2) is 8.42 Å². The van der Waals surface area contributed by atoms with Gasteiger partial charge < -0.3 is 5.73 Å². The maximum atomic E-state index is 12.2. The van der Waals surface area contributed by atoms with Gasteiger partial charge in [-0.15, -0.1) is 0 Å². The van der Waals surface area contributed by atoms with Crippen molar-refractivity contribution in [2.24, 2.45) is 5.73 Å². The minimum atomic E-state index is -3.50. The minimum Gasteiger partial charge on any atom is -0.326 e. The SMILES string of the molecule is NCc1ccc(CS(=O)(=O)Nc2ccc(Cl)cc2Br)cc1. The second kappa shape index (κ2) is 6.79. The van der Waals surface area contributed by atoms with E-state index in [-0.39, 0.29) is 5.75 Å². The van der Waals surface area contributed by atoms with E-state index in [1.54, 1.807) is 30.3 Å². The van der Waals surface area contributed by atoms with E-state index >= 15 is 0 Å². The molecule has 112 valence electrons. The molecule has 0 aliphatic heterocycles. The molecule has 0 unspecified atom stereocenters. The summed E-state index contributed by atoms with van der Waals surface area (Å²) in [5.41, 5.74) is 7.63. The lowest BCUT2D eigenvalue weighted by molar-refractivity contribution is 0.600. The molecule has 3 N–H and O–H groups in total. The molecule has 2 rings (SSSR count). The van der Waals surface area contributed by atoms with Crippen LogP contribution in [0.5, 0.6) is 0 Å². The molecule has 0 spiro atoms. The molecule has 0 atom stereocenters. The molecule has 4 nitrogen and oxygen atoms in total. The van der Waals surface area contributed by atoms with Gasteiger partial charge in [0.2, 0.25) is 10.0 Å². The molecule has 21 heavy (non-hydrogen) atoms. The van der Waals surface area contributed by atoms with E-state index in [1.807, 2.05) is 12.1 Å². The van der Waals surface area contributed by atoms with Crippen molar-refractivity contribution in [2.75, 3.05) is 4.72 Å². The lowest BCUT2D eigenvalue weighted by Gasteiger charge is -2.10. The van der Waals surface area contributed by atoms with Gasteiger partial charge in [-0.2, -0.15) is 0 Å². The highest BCUT2D eigenvalue weighted by atomic mass is 79.9. The second-order valence-corrected chi connectivity index (χ2v) is 7.52. The van der Waals surface area contributed by atoms with Gasteiger partial charge in [0.1, 0.15) is 0 Å². The predicted molar refractivity (Wildman–Crippen MR) is 89.7 cm³/mol. The number of hydrogen-bond donors (Lipinski definition) is 2. The Morgan fingerprint density at radius 3 is 2.29 bits per heavy atom. The van der Waals surface area contributed by atoms with Crippen LogP contribution in [0.3, 0.4) is 0 Å². The van der Waals surface area contributed by atoms with E-state index in [4.69, 9.17) is 17.3 Å². The summed E-state index contributed by atoms with van der Waals surface area (Å²) in [6.07, 6.45) is 0. The van der Waals surface area contributed by atoms with Gasteiger partial charge in [-0.05, 0) is 45.3 Å². The van der Waals surface area contributed by atoms with E-state index in [0.29, 0.717) is 27.3 Å². The standard InChI is InChI=1S/C14H14BrClN2O2S/c15-13-7-12(16)5-6-14(13)18-21(19,20)9-11-3-1-10(8-17)2-4-11/h1-7,18H,8-9,17H2. The average Bonchev–Trinajstić information content (AvgIpc) is 2.42. The molecule has 0 aliphatic rings. The summed E-state index contributed by atoms with van der Waals surface area (Å²) in [7, 11) is -3.50. The molecular formula is C14H14BrClN2O2S. The number of halogens is 2. The minimum absolute atomic E-state index is 0.104. The molecule has 0 bridgehead atoms. The molecule has 0 saturated carbocycles. The Morgan fingerprint density at radius 2 is 1.71 bits per heavy atom. The zero-order valence-electron chi connectivity index (χ0n) is 11.0. The molecule has 0 aliphatic carbocycles. The van der Waals surface area contributed by atoms with Gasteiger partial charge in [0, 0.05) is 16.0 Å². The highest BCUT2D eigenvalue weighted by Crippen LogP contribution is 2.27. The van der Waals surface area contributed by atoms with Crippen LogP contribution < -0.4 is 10.5 Å². The molecule has 0 amide bonds. The van der Waals surface area contributed by atoms with Crippen LogP contribution in [-0.2, 0) is 22.3 Å². The van der Waals surface area contributed by atoms with Crippen molar-refractivity contribution >= 4 is 43.2 Å². The number of nitrogens with two attached hydrogens (primary N) is 1. The summed E-state index contributed by atoms with van der Waals surface area (Å²) in [5.74, 6) is -0.104. The van der Waals surface area contributed by atoms with Gasteiger partial charge in [0.25, 0.3) is 0 Å². The summed E-state index contributed by atoms with van der Waals surface area (Å²) < 4.78 is 27.5. The fraction of sp³-hybridized carbons (Fsp3) is 0.143. The van der Waals surface area contributed by atoms with Gasteiger partial charge in [-0.3, -0.25) is 4.72 Å². The molecule has 0 heterocycles. The monoisotopic (exact) mass is 388 g/mol. The number of hydrogen-bond acceptors (Lipinski definition) is 3. The Balaban J connectivity index is 2.14. The Hall–Kier alpha value is -1.08. The summed E-state index contributed by atoms with van der Waals surface area (Å²) in [5, 5.41) is 0.530. The maximum Gasteiger partial charge on any atom is 0.236 e. The van der Waals surface area contributed by atoms with Gasteiger partial charge in [0.05, 0.1) is 11.4 Å². The van der Waals surface area contributed by atoms with Crippen LogP contribution in [0, 0.1) is 0 Å². The molecule has 0 radical (unpaired) electrons. The summed E-state index contributed by atoms with van der Waals surface area (Å²) in [6, 6.07) is 12.0. The van der Waals surface area contributed by atoms with Crippen molar-refractivity contribution in [3.63, 3.8) is 0 Å². The highest BCUT2D eigenvalue weighted by Gasteiger charge is 2.13. The zero-order chi connectivity index (χ0) is 15.5. The molecule has 2 aromatic carbocycles. The van der Waals surface area contributed by atoms with Crippen molar-refractivity contribution in [2.45, 2.75) is 12.3 Å². The first-order valence-electron chi connectivity index (χ1n) is 6.13. The molecular weight excluding hydrogens is 376 g/mol. The van der Waals surface area contributed by atoms with E-state index in [2.05, 4.69) is 20.7 Å². The van der Waals surface area contributed by atoms with E-state index in [1.165, 1.54) is 0 Å². The Kier molecular flexibility index (Phi) is 5.27. The maximum absolute atomic E-state index is 12.2. The fourth-order valence-corrected chi connectivity index (χ4v) is 3.90. The second-order valence-electron chi connectivity index (χ2n) is 4.51. The molecule has 0 fully saturated rings. The average molecular weight is 390 g/mol. The predicted octanol–water partition coefficient (Wildman–Crippen LogP) is 3.50. The lowest BCUT2D eigenvalue weighted by atomic mass is 10.1. The Morgan fingerprint density at radius 1 is 1.10 bits per heavy atom. The zero-order valence-corrected chi connectivity index (χ0v) is 14.2. The summed E-state index contributed by atoms with van der Waals surface area (Å²) in [4.78, 5) is 0. The third-order valence-electron chi connectivity index (χ3n) is 2.81. The Bertz CT molecular complexity index is 733. The normalized spacial score (nSPS) is 11.4. The van der Waals surface area contributed by atoms with Crippen LogP contribution in [0.1, 0.15) is 11.1 Å². The quantitative estimate of drug-likeness (QED) is 0.822. The number of rotatable bonds is 5. The number of sulfonamides is 1. The van der Waals surface area contributed by atoms with Crippen LogP contribution in [0.2, 0.25) is 5.02 Å².